The number of fused-ring (bicyclic) bond motifs is 1. The number of carbonyl (C=O) groups is 1. The van der Waals surface area contributed by atoms with Crippen molar-refractivity contribution in [3.63, 3.8) is 0 Å². The molecule has 1 saturated carbocycles. The number of nitrogens with two attached hydrogens (primary N) is 1. The van der Waals surface area contributed by atoms with Gasteiger partial charge in [-0.15, -0.1) is 0 Å². The fraction of sp³-hybridized carbons (Fsp3) is 0.389. The zero-order valence-corrected chi connectivity index (χ0v) is 15.3. The number of amides is 1. The number of hydrogen-bond donors (Lipinski definition) is 2. The van der Waals surface area contributed by atoms with Crippen molar-refractivity contribution in [1.29, 1.82) is 0 Å². The van der Waals surface area contributed by atoms with Crippen LogP contribution in [-0.4, -0.2) is 32.9 Å². The average molecular weight is 402 g/mol. The third-order valence-corrected chi connectivity index (χ3v) is 5.45. The summed E-state index contributed by atoms with van der Waals surface area (Å²) in [7, 11) is 0. The predicted octanol–water partition coefficient (Wildman–Crippen LogP) is 3.08. The van der Waals surface area contributed by atoms with E-state index in [1.165, 1.54) is 0 Å². The topological polar surface area (TPSA) is 84.1 Å². The molecule has 0 bridgehead atoms. The van der Waals surface area contributed by atoms with E-state index in [0.29, 0.717) is 5.95 Å². The lowest BCUT2D eigenvalue weighted by Gasteiger charge is -2.37. The summed E-state index contributed by atoms with van der Waals surface area (Å²) in [4.78, 5) is 23.2. The Balaban J connectivity index is 1.48. The molecule has 2 aliphatic rings. The lowest BCUT2D eigenvalue weighted by molar-refractivity contribution is 0.0570. The standard InChI is InChI=1S/C18H20BrN5O/c19-11-9-21-18(22-10-11)23-12-4-3-5-13(8-12)24-16(20)14-6-1-2-7-15(14)17(24)25/h1-2,6-7,9-10,12-13,16H,3-5,8,20H2,(H,21,22,23)/t12-,13+,16?/m1/s1. The van der Waals surface area contributed by atoms with E-state index >= 15 is 0 Å². The van der Waals surface area contributed by atoms with Crippen molar-refractivity contribution in [2.45, 2.75) is 43.9 Å². The van der Waals surface area contributed by atoms with Crippen LogP contribution in [0.15, 0.2) is 41.1 Å². The monoisotopic (exact) mass is 401 g/mol. The molecule has 4 rings (SSSR count). The molecule has 1 fully saturated rings. The molecule has 6 nitrogen and oxygen atoms in total. The van der Waals surface area contributed by atoms with Gasteiger partial charge in [-0.05, 0) is 47.7 Å². The van der Waals surface area contributed by atoms with Gasteiger partial charge in [0.05, 0.1) is 4.47 Å². The van der Waals surface area contributed by atoms with Gasteiger partial charge in [0.25, 0.3) is 5.91 Å². The summed E-state index contributed by atoms with van der Waals surface area (Å²) in [6, 6.07) is 8.02. The number of anilines is 1. The van der Waals surface area contributed by atoms with Gasteiger partial charge in [0.15, 0.2) is 0 Å². The second-order valence-corrected chi connectivity index (χ2v) is 7.55. The van der Waals surface area contributed by atoms with Crippen LogP contribution in [0.1, 0.15) is 47.8 Å². The molecule has 3 atom stereocenters. The second-order valence-electron chi connectivity index (χ2n) is 6.63. The zero-order valence-electron chi connectivity index (χ0n) is 13.7. The van der Waals surface area contributed by atoms with E-state index in [4.69, 9.17) is 5.73 Å². The van der Waals surface area contributed by atoms with Crippen LogP contribution >= 0.6 is 15.9 Å². The van der Waals surface area contributed by atoms with E-state index in [1.807, 2.05) is 29.2 Å². The van der Waals surface area contributed by atoms with Crippen LogP contribution in [-0.2, 0) is 0 Å². The summed E-state index contributed by atoms with van der Waals surface area (Å²) in [5.74, 6) is 0.669. The van der Waals surface area contributed by atoms with Gasteiger partial charge in [0.1, 0.15) is 6.17 Å². The van der Waals surface area contributed by atoms with Crippen molar-refractivity contribution < 1.29 is 4.79 Å². The number of nitrogens with zero attached hydrogens (tertiary/aromatic N) is 3. The molecular weight excluding hydrogens is 382 g/mol. The molecule has 0 saturated heterocycles. The van der Waals surface area contributed by atoms with E-state index < -0.39 is 0 Å². The largest absolute Gasteiger partial charge is 0.351 e. The molecule has 1 aromatic heterocycles. The van der Waals surface area contributed by atoms with E-state index in [1.54, 1.807) is 12.4 Å². The molecule has 25 heavy (non-hydrogen) atoms. The van der Waals surface area contributed by atoms with Crippen LogP contribution in [0.3, 0.4) is 0 Å². The fourth-order valence-corrected chi connectivity index (χ4v) is 4.08. The zero-order chi connectivity index (χ0) is 17.4. The minimum Gasteiger partial charge on any atom is -0.351 e. The van der Waals surface area contributed by atoms with Crippen LogP contribution in [0.4, 0.5) is 5.95 Å². The summed E-state index contributed by atoms with van der Waals surface area (Å²) in [6.45, 7) is 0. The number of hydrogen-bond acceptors (Lipinski definition) is 5. The lowest BCUT2D eigenvalue weighted by Crippen LogP contribution is -2.46. The molecule has 1 aliphatic heterocycles. The first-order valence-electron chi connectivity index (χ1n) is 8.55. The molecule has 0 radical (unpaired) electrons. The molecule has 1 aliphatic carbocycles. The van der Waals surface area contributed by atoms with Gasteiger partial charge < -0.3 is 16.0 Å². The van der Waals surface area contributed by atoms with Gasteiger partial charge in [-0.25, -0.2) is 9.97 Å². The van der Waals surface area contributed by atoms with Crippen molar-refractivity contribution in [3.8, 4) is 0 Å². The SMILES string of the molecule is NC1c2ccccc2C(=O)N1[C@H]1CCC[C@@H](Nc2ncc(Br)cn2)C1. The Morgan fingerprint density at radius 2 is 1.96 bits per heavy atom. The van der Waals surface area contributed by atoms with Crippen molar-refractivity contribution in [2.24, 2.45) is 5.73 Å². The highest BCUT2D eigenvalue weighted by molar-refractivity contribution is 9.10. The minimum absolute atomic E-state index is 0.0497. The molecule has 1 unspecified atom stereocenters. The molecule has 3 N–H and O–H groups in total. The third-order valence-electron chi connectivity index (χ3n) is 5.04. The van der Waals surface area contributed by atoms with Crippen molar-refractivity contribution >= 4 is 27.8 Å². The normalized spacial score (nSPS) is 25.8. The lowest BCUT2D eigenvalue weighted by atomic mass is 9.90. The van der Waals surface area contributed by atoms with Crippen molar-refractivity contribution in [3.05, 3.63) is 52.3 Å². The third kappa shape index (κ3) is 3.14. The van der Waals surface area contributed by atoms with E-state index in [2.05, 4.69) is 31.2 Å². The van der Waals surface area contributed by atoms with Crippen LogP contribution in [0.5, 0.6) is 0 Å². The van der Waals surface area contributed by atoms with Gasteiger partial charge in [0, 0.05) is 35.6 Å². The summed E-state index contributed by atoms with van der Waals surface area (Å²) in [6.07, 6.45) is 7.03. The Hall–Kier alpha value is -1.99. The molecule has 130 valence electrons. The highest BCUT2D eigenvalue weighted by Crippen LogP contribution is 2.36. The molecule has 7 heteroatoms. The van der Waals surface area contributed by atoms with E-state index in [0.717, 1.165) is 41.3 Å². The number of rotatable bonds is 3. The van der Waals surface area contributed by atoms with E-state index in [9.17, 15) is 4.79 Å². The maximum Gasteiger partial charge on any atom is 0.256 e. The van der Waals surface area contributed by atoms with Crippen LogP contribution in [0.25, 0.3) is 0 Å². The van der Waals surface area contributed by atoms with Crippen LogP contribution < -0.4 is 11.1 Å². The summed E-state index contributed by atoms with van der Waals surface area (Å²) >= 11 is 3.34. The summed E-state index contributed by atoms with van der Waals surface area (Å²) in [5.41, 5.74) is 8.05. The number of aromatic nitrogens is 2. The fourth-order valence-electron chi connectivity index (χ4n) is 3.88. The first-order chi connectivity index (χ1) is 12.1. The van der Waals surface area contributed by atoms with Gasteiger partial charge in [0.2, 0.25) is 5.95 Å². The maximum absolute atomic E-state index is 12.8. The number of carbonyl (C=O) groups excluding carboxylic acids is 1. The van der Waals surface area contributed by atoms with Crippen molar-refractivity contribution in [2.75, 3.05) is 5.32 Å². The molecule has 2 aromatic rings. The Kier molecular flexibility index (Phi) is 4.43. The van der Waals surface area contributed by atoms with Gasteiger partial charge in [-0.3, -0.25) is 4.79 Å². The molecule has 2 heterocycles. The van der Waals surface area contributed by atoms with Crippen LogP contribution in [0, 0.1) is 0 Å². The Morgan fingerprint density at radius 3 is 2.72 bits per heavy atom. The van der Waals surface area contributed by atoms with Gasteiger partial charge in [-0.2, -0.15) is 0 Å². The molecular formula is C18H20BrN5O. The number of halogens is 1. The second kappa shape index (κ2) is 6.72. The van der Waals surface area contributed by atoms with Crippen molar-refractivity contribution in [1.82, 2.24) is 14.9 Å². The predicted molar refractivity (Wildman–Crippen MR) is 98.9 cm³/mol. The Labute approximate surface area is 155 Å². The molecule has 1 amide bonds. The molecule has 0 spiro atoms. The maximum atomic E-state index is 12.8. The Morgan fingerprint density at radius 1 is 1.20 bits per heavy atom. The van der Waals surface area contributed by atoms with E-state index in [-0.39, 0.29) is 24.2 Å². The summed E-state index contributed by atoms with van der Waals surface area (Å²) < 4.78 is 0.853. The summed E-state index contributed by atoms with van der Waals surface area (Å²) in [5, 5.41) is 3.39. The number of nitrogens with one attached hydrogen (secondary N) is 1. The minimum atomic E-state index is -0.351. The first kappa shape index (κ1) is 16.5. The Bertz CT molecular complexity index is 781. The number of benzene rings is 1. The van der Waals surface area contributed by atoms with Gasteiger partial charge in [-0.1, -0.05) is 18.2 Å². The molecule has 1 aromatic carbocycles. The highest BCUT2D eigenvalue weighted by Gasteiger charge is 2.40. The quantitative estimate of drug-likeness (QED) is 0.825. The van der Waals surface area contributed by atoms with Crippen LogP contribution in [0.2, 0.25) is 0 Å². The van der Waals surface area contributed by atoms with Gasteiger partial charge >= 0.3 is 0 Å². The highest BCUT2D eigenvalue weighted by atomic mass is 79.9. The first-order valence-corrected chi connectivity index (χ1v) is 9.34. The smallest absolute Gasteiger partial charge is 0.256 e. The average Bonchev–Trinajstić information content (AvgIpc) is 2.89.